The molecule has 1 amide bonds. The molecule has 0 fully saturated rings. The molecule has 0 aliphatic carbocycles. The van der Waals surface area contributed by atoms with Gasteiger partial charge in [0.15, 0.2) is 11.5 Å². The van der Waals surface area contributed by atoms with E-state index in [2.05, 4.69) is 26.0 Å². The molecule has 1 aliphatic heterocycles. The summed E-state index contributed by atoms with van der Waals surface area (Å²) in [7, 11) is 1.29. The van der Waals surface area contributed by atoms with E-state index in [1.165, 1.54) is 25.3 Å². The summed E-state index contributed by atoms with van der Waals surface area (Å²) in [5, 5.41) is 12.0. The van der Waals surface area contributed by atoms with Gasteiger partial charge in [0.2, 0.25) is 6.79 Å². The highest BCUT2D eigenvalue weighted by Gasteiger charge is 2.17. The van der Waals surface area contributed by atoms with E-state index in [1.54, 1.807) is 24.3 Å². The van der Waals surface area contributed by atoms with Gasteiger partial charge in [0, 0.05) is 10.2 Å². The Balaban J connectivity index is 1.79. The Labute approximate surface area is 163 Å². The predicted molar refractivity (Wildman–Crippen MR) is 100 cm³/mol. The molecular weight excluding hydrogens is 416 g/mol. The van der Waals surface area contributed by atoms with Crippen LogP contribution in [-0.2, 0) is 9.53 Å². The molecule has 1 N–H and O–H groups in total. The van der Waals surface area contributed by atoms with Gasteiger partial charge in [-0.15, -0.1) is 0 Å². The highest BCUT2D eigenvalue weighted by Crippen LogP contribution is 2.37. The van der Waals surface area contributed by atoms with Gasteiger partial charge in [0.1, 0.15) is 11.6 Å². The van der Waals surface area contributed by atoms with Crippen molar-refractivity contribution in [2.75, 3.05) is 19.2 Å². The summed E-state index contributed by atoms with van der Waals surface area (Å²) in [6.07, 6.45) is 1.45. The van der Waals surface area contributed by atoms with Crippen LogP contribution >= 0.6 is 15.9 Å². The largest absolute Gasteiger partial charge is 0.465 e. The van der Waals surface area contributed by atoms with Gasteiger partial charge >= 0.3 is 5.97 Å². The Morgan fingerprint density at radius 1 is 1.22 bits per heavy atom. The highest BCUT2D eigenvalue weighted by molar-refractivity contribution is 9.10. The van der Waals surface area contributed by atoms with E-state index < -0.39 is 11.9 Å². The molecule has 0 radical (unpaired) electrons. The van der Waals surface area contributed by atoms with Crippen LogP contribution in [0.2, 0.25) is 0 Å². The van der Waals surface area contributed by atoms with Crippen LogP contribution in [0, 0.1) is 11.3 Å². The number of nitrogens with one attached hydrogen (secondary N) is 1. The minimum atomic E-state index is -0.576. The number of carbonyl (C=O) groups is 2. The summed E-state index contributed by atoms with van der Waals surface area (Å²) in [6, 6.07) is 11.4. The molecule has 3 rings (SSSR count). The molecule has 27 heavy (non-hydrogen) atoms. The van der Waals surface area contributed by atoms with Crippen LogP contribution in [0.15, 0.2) is 46.4 Å². The maximum atomic E-state index is 12.4. The summed E-state index contributed by atoms with van der Waals surface area (Å²) in [6.45, 7) is 0.127. The number of anilines is 1. The third kappa shape index (κ3) is 4.10. The smallest absolute Gasteiger partial charge is 0.337 e. The second-order valence-electron chi connectivity index (χ2n) is 5.42. The molecule has 0 saturated carbocycles. The van der Waals surface area contributed by atoms with Gasteiger partial charge in [-0.2, -0.15) is 5.26 Å². The van der Waals surface area contributed by atoms with Crippen molar-refractivity contribution in [3.63, 3.8) is 0 Å². The number of rotatable bonds is 4. The van der Waals surface area contributed by atoms with Gasteiger partial charge in [0.05, 0.1) is 12.7 Å². The zero-order valence-electron chi connectivity index (χ0n) is 14.1. The Kier molecular flexibility index (Phi) is 5.43. The number of ether oxygens (including phenoxy) is 3. The van der Waals surface area contributed by atoms with Crippen molar-refractivity contribution in [3.8, 4) is 17.6 Å². The van der Waals surface area contributed by atoms with Crippen LogP contribution in [0.25, 0.3) is 6.08 Å². The van der Waals surface area contributed by atoms with Gasteiger partial charge in [-0.1, -0.05) is 15.9 Å². The molecule has 1 heterocycles. The second-order valence-corrected chi connectivity index (χ2v) is 6.27. The first-order valence-electron chi connectivity index (χ1n) is 7.72. The first-order valence-corrected chi connectivity index (χ1v) is 8.52. The predicted octanol–water partition coefficient (Wildman–Crippen LogP) is 3.51. The van der Waals surface area contributed by atoms with Crippen LogP contribution in [0.4, 0.5) is 5.69 Å². The molecule has 0 spiro atoms. The number of nitriles is 1. The maximum Gasteiger partial charge on any atom is 0.337 e. The average Bonchev–Trinajstić information content (AvgIpc) is 3.12. The molecule has 0 unspecified atom stereocenters. The average molecular weight is 429 g/mol. The van der Waals surface area contributed by atoms with E-state index in [-0.39, 0.29) is 12.4 Å². The number of hydrogen-bond donors (Lipinski definition) is 1. The van der Waals surface area contributed by atoms with Gasteiger partial charge in [0.25, 0.3) is 5.91 Å². The zero-order chi connectivity index (χ0) is 19.4. The number of halogens is 1. The number of benzene rings is 2. The fraction of sp³-hybridized carbons (Fsp3) is 0.105. The topological polar surface area (TPSA) is 97.7 Å². The quantitative estimate of drug-likeness (QED) is 0.454. The Hall–Kier alpha value is -3.31. The lowest BCUT2D eigenvalue weighted by atomic mass is 10.1. The van der Waals surface area contributed by atoms with Gasteiger partial charge in [-0.3, -0.25) is 4.79 Å². The van der Waals surface area contributed by atoms with Crippen LogP contribution in [0.1, 0.15) is 15.9 Å². The van der Waals surface area contributed by atoms with E-state index in [0.29, 0.717) is 32.8 Å². The van der Waals surface area contributed by atoms with E-state index in [9.17, 15) is 14.9 Å². The van der Waals surface area contributed by atoms with Gasteiger partial charge < -0.3 is 19.5 Å². The van der Waals surface area contributed by atoms with Crippen molar-refractivity contribution in [1.82, 2.24) is 0 Å². The van der Waals surface area contributed by atoms with Crippen molar-refractivity contribution in [2.24, 2.45) is 0 Å². The minimum absolute atomic E-state index is 0.0911. The lowest BCUT2D eigenvalue weighted by Gasteiger charge is -2.06. The van der Waals surface area contributed by atoms with E-state index in [1.807, 2.05) is 6.07 Å². The van der Waals surface area contributed by atoms with Gasteiger partial charge in [-0.25, -0.2) is 4.79 Å². The Morgan fingerprint density at radius 2 is 1.89 bits per heavy atom. The number of esters is 1. The SMILES string of the molecule is COC(=O)c1ccc(NC(=O)/C(C#N)=C/c2cc3c(cc2Br)OCO3)cc1. The summed E-state index contributed by atoms with van der Waals surface area (Å²) in [5.74, 6) is 0.0826. The summed E-state index contributed by atoms with van der Waals surface area (Å²) < 4.78 is 15.9. The third-order valence-electron chi connectivity index (χ3n) is 3.72. The number of fused-ring (bicyclic) bond motifs is 1. The molecular formula is C19H13BrN2O5. The normalized spacial score (nSPS) is 12.3. The lowest BCUT2D eigenvalue weighted by molar-refractivity contribution is -0.112. The molecule has 136 valence electrons. The van der Waals surface area contributed by atoms with Crippen molar-refractivity contribution >= 4 is 39.6 Å². The molecule has 0 saturated heterocycles. The Morgan fingerprint density at radius 3 is 2.52 bits per heavy atom. The van der Waals surface area contributed by atoms with Crippen molar-refractivity contribution in [3.05, 3.63) is 57.6 Å². The van der Waals surface area contributed by atoms with Crippen LogP contribution in [-0.4, -0.2) is 25.8 Å². The summed E-state index contributed by atoms with van der Waals surface area (Å²) in [5.41, 5.74) is 1.31. The molecule has 2 aromatic rings. The molecule has 0 bridgehead atoms. The Bertz CT molecular complexity index is 977. The number of carbonyl (C=O) groups excluding carboxylic acids is 2. The van der Waals surface area contributed by atoms with Crippen LogP contribution < -0.4 is 14.8 Å². The maximum absolute atomic E-state index is 12.4. The number of hydrogen-bond acceptors (Lipinski definition) is 6. The minimum Gasteiger partial charge on any atom is -0.465 e. The molecule has 7 nitrogen and oxygen atoms in total. The van der Waals surface area contributed by atoms with E-state index >= 15 is 0 Å². The molecule has 0 aromatic heterocycles. The van der Waals surface area contributed by atoms with Crippen molar-refractivity contribution in [1.29, 1.82) is 5.26 Å². The second kappa shape index (κ2) is 7.93. The number of methoxy groups -OCH3 is 1. The lowest BCUT2D eigenvalue weighted by Crippen LogP contribution is -2.13. The van der Waals surface area contributed by atoms with Crippen LogP contribution in [0.5, 0.6) is 11.5 Å². The summed E-state index contributed by atoms with van der Waals surface area (Å²) >= 11 is 3.39. The standard InChI is InChI=1S/C19H13BrN2O5/c1-25-19(24)11-2-4-14(5-3-11)22-18(23)13(9-21)6-12-7-16-17(8-15(12)20)27-10-26-16/h2-8H,10H2,1H3,(H,22,23)/b13-6+. The monoisotopic (exact) mass is 428 g/mol. The van der Waals surface area contributed by atoms with E-state index in [0.717, 1.165) is 0 Å². The molecule has 8 heteroatoms. The summed E-state index contributed by atoms with van der Waals surface area (Å²) in [4.78, 5) is 23.8. The fourth-order valence-corrected chi connectivity index (χ4v) is 2.79. The number of nitrogens with zero attached hydrogens (tertiary/aromatic N) is 1. The first kappa shape index (κ1) is 18.5. The third-order valence-corrected chi connectivity index (χ3v) is 4.41. The van der Waals surface area contributed by atoms with E-state index in [4.69, 9.17) is 9.47 Å². The van der Waals surface area contributed by atoms with Crippen molar-refractivity contribution in [2.45, 2.75) is 0 Å². The molecule has 0 atom stereocenters. The molecule has 1 aliphatic rings. The van der Waals surface area contributed by atoms with Gasteiger partial charge in [-0.05, 0) is 48.0 Å². The van der Waals surface area contributed by atoms with Crippen LogP contribution in [0.3, 0.4) is 0 Å². The van der Waals surface area contributed by atoms with Crippen molar-refractivity contribution < 1.29 is 23.8 Å². The first-order chi connectivity index (χ1) is 13.0. The zero-order valence-corrected chi connectivity index (χ0v) is 15.7. The molecule has 2 aromatic carbocycles. The highest BCUT2D eigenvalue weighted by atomic mass is 79.9. The number of amides is 1. The fourth-order valence-electron chi connectivity index (χ4n) is 2.35.